The van der Waals surface area contributed by atoms with Gasteiger partial charge in [0.05, 0.1) is 0 Å². The molecule has 0 N–H and O–H groups in total. The molecule has 0 spiro atoms. The van der Waals surface area contributed by atoms with E-state index < -0.39 is 0 Å². The fourth-order valence-corrected chi connectivity index (χ4v) is 2.69. The van der Waals surface area contributed by atoms with Crippen molar-refractivity contribution in [3.63, 3.8) is 0 Å². The van der Waals surface area contributed by atoms with Crippen molar-refractivity contribution in [3.05, 3.63) is 16.5 Å². The molecule has 0 unspecified atom stereocenters. The van der Waals surface area contributed by atoms with Crippen LogP contribution in [0.1, 0.15) is 43.8 Å². The van der Waals surface area contributed by atoms with E-state index in [0.717, 1.165) is 28.7 Å². The first-order chi connectivity index (χ1) is 8.22. The van der Waals surface area contributed by atoms with E-state index in [1.165, 1.54) is 32.1 Å². The molecule has 0 aromatic carbocycles. The number of hydrogen-bond donors (Lipinski definition) is 0. The van der Waals surface area contributed by atoms with Gasteiger partial charge < -0.3 is 4.90 Å². The van der Waals surface area contributed by atoms with Gasteiger partial charge >= 0.3 is 0 Å². The molecule has 1 aromatic rings. The Hall–Kier alpha value is -0.640. The molecule has 2 aliphatic carbocycles. The Bertz CT molecular complexity index is 413. The first kappa shape index (κ1) is 11.5. The summed E-state index contributed by atoms with van der Waals surface area (Å²) in [5.41, 5.74) is 0. The van der Waals surface area contributed by atoms with Crippen molar-refractivity contribution in [1.82, 2.24) is 9.97 Å². The van der Waals surface area contributed by atoms with E-state index in [0.29, 0.717) is 5.92 Å². The van der Waals surface area contributed by atoms with Crippen LogP contribution in [0.15, 0.2) is 10.7 Å². The molecular weight excluding hydrogens is 278 g/mol. The van der Waals surface area contributed by atoms with Crippen LogP contribution in [0.5, 0.6) is 0 Å². The molecule has 92 valence electrons. The number of hydrogen-bond acceptors (Lipinski definition) is 3. The zero-order valence-electron chi connectivity index (χ0n) is 10.2. The fourth-order valence-electron chi connectivity index (χ4n) is 2.30. The number of nitrogens with zero attached hydrogens (tertiary/aromatic N) is 3. The number of anilines is 1. The SMILES string of the molecule is CN(CC1CCC1)c1cc(Br)nc(C2CC2)n1. The third-order valence-corrected chi connectivity index (χ3v) is 4.20. The first-order valence-corrected chi connectivity index (χ1v) is 7.27. The maximum absolute atomic E-state index is 4.69. The molecule has 0 saturated heterocycles. The van der Waals surface area contributed by atoms with Gasteiger partial charge in [0, 0.05) is 25.6 Å². The molecular formula is C13H18BrN3. The third-order valence-electron chi connectivity index (χ3n) is 3.79. The zero-order valence-corrected chi connectivity index (χ0v) is 11.8. The predicted molar refractivity (Wildman–Crippen MR) is 72.3 cm³/mol. The molecule has 3 nitrogen and oxygen atoms in total. The number of rotatable bonds is 4. The lowest BCUT2D eigenvalue weighted by Gasteiger charge is -2.30. The topological polar surface area (TPSA) is 29.0 Å². The molecule has 0 bridgehead atoms. The van der Waals surface area contributed by atoms with Crippen LogP contribution in [0.4, 0.5) is 5.82 Å². The van der Waals surface area contributed by atoms with Crippen LogP contribution in [-0.2, 0) is 0 Å². The highest BCUT2D eigenvalue weighted by molar-refractivity contribution is 9.10. The highest BCUT2D eigenvalue weighted by Gasteiger charge is 2.28. The van der Waals surface area contributed by atoms with Gasteiger partial charge in [-0.15, -0.1) is 0 Å². The van der Waals surface area contributed by atoms with Crippen LogP contribution >= 0.6 is 15.9 Å². The summed E-state index contributed by atoms with van der Waals surface area (Å²) in [5.74, 6) is 3.58. The van der Waals surface area contributed by atoms with E-state index in [9.17, 15) is 0 Å². The van der Waals surface area contributed by atoms with Crippen molar-refractivity contribution >= 4 is 21.7 Å². The summed E-state index contributed by atoms with van der Waals surface area (Å²) in [6.07, 6.45) is 6.67. The summed E-state index contributed by atoms with van der Waals surface area (Å²) in [4.78, 5) is 11.4. The third kappa shape index (κ3) is 2.62. The van der Waals surface area contributed by atoms with Crippen LogP contribution in [0.2, 0.25) is 0 Å². The average molecular weight is 296 g/mol. The maximum atomic E-state index is 4.69. The van der Waals surface area contributed by atoms with E-state index >= 15 is 0 Å². The van der Waals surface area contributed by atoms with Crippen LogP contribution in [0, 0.1) is 5.92 Å². The standard InChI is InChI=1S/C13H18BrN3/c1-17(8-9-3-2-4-9)12-7-11(14)15-13(16-12)10-5-6-10/h7,9-10H,2-6,8H2,1H3. The summed E-state index contributed by atoms with van der Waals surface area (Å²) in [6.45, 7) is 1.13. The smallest absolute Gasteiger partial charge is 0.135 e. The highest BCUT2D eigenvalue weighted by atomic mass is 79.9. The van der Waals surface area contributed by atoms with Crippen LogP contribution in [0.25, 0.3) is 0 Å². The molecule has 3 rings (SSSR count). The van der Waals surface area contributed by atoms with Gasteiger partial charge in [-0.1, -0.05) is 6.42 Å². The van der Waals surface area contributed by atoms with Gasteiger partial charge in [0.2, 0.25) is 0 Å². The Morgan fingerprint density at radius 3 is 2.65 bits per heavy atom. The Morgan fingerprint density at radius 1 is 1.29 bits per heavy atom. The fraction of sp³-hybridized carbons (Fsp3) is 0.692. The van der Waals surface area contributed by atoms with Crippen LogP contribution in [-0.4, -0.2) is 23.6 Å². The number of halogens is 1. The molecule has 0 aliphatic heterocycles. The Balaban J connectivity index is 1.75. The van der Waals surface area contributed by atoms with Crippen molar-refractivity contribution in [2.24, 2.45) is 5.92 Å². The molecule has 0 radical (unpaired) electrons. The second-order valence-electron chi connectivity index (χ2n) is 5.36. The summed E-state index contributed by atoms with van der Waals surface area (Å²) in [6, 6.07) is 2.03. The van der Waals surface area contributed by atoms with E-state index in [1.807, 2.05) is 6.07 Å². The largest absolute Gasteiger partial charge is 0.359 e. The number of aromatic nitrogens is 2. The van der Waals surface area contributed by atoms with Crippen molar-refractivity contribution in [2.45, 2.75) is 38.0 Å². The van der Waals surface area contributed by atoms with Crippen LogP contribution in [0.3, 0.4) is 0 Å². The van der Waals surface area contributed by atoms with Gasteiger partial charge in [-0.05, 0) is 47.5 Å². The monoisotopic (exact) mass is 295 g/mol. The maximum Gasteiger partial charge on any atom is 0.135 e. The zero-order chi connectivity index (χ0) is 11.8. The average Bonchev–Trinajstić information content (AvgIpc) is 3.05. The molecule has 17 heavy (non-hydrogen) atoms. The summed E-state index contributed by atoms with van der Waals surface area (Å²) in [7, 11) is 2.14. The van der Waals surface area contributed by atoms with Gasteiger partial charge in [0.25, 0.3) is 0 Å². The Labute approximate surface area is 111 Å². The molecule has 2 aliphatic rings. The van der Waals surface area contributed by atoms with E-state index in [4.69, 9.17) is 4.98 Å². The van der Waals surface area contributed by atoms with Gasteiger partial charge in [0.1, 0.15) is 16.2 Å². The molecule has 2 saturated carbocycles. The lowest BCUT2D eigenvalue weighted by Crippen LogP contribution is -2.30. The normalized spacial score (nSPS) is 20.1. The second-order valence-corrected chi connectivity index (χ2v) is 6.17. The van der Waals surface area contributed by atoms with E-state index in [-0.39, 0.29) is 0 Å². The highest BCUT2D eigenvalue weighted by Crippen LogP contribution is 2.39. The first-order valence-electron chi connectivity index (χ1n) is 6.48. The molecule has 2 fully saturated rings. The molecule has 0 amide bonds. The van der Waals surface area contributed by atoms with Crippen molar-refractivity contribution in [3.8, 4) is 0 Å². The Morgan fingerprint density at radius 2 is 2.06 bits per heavy atom. The predicted octanol–water partition coefficient (Wildman–Crippen LogP) is 3.35. The second kappa shape index (κ2) is 4.56. The van der Waals surface area contributed by atoms with Gasteiger partial charge in [-0.3, -0.25) is 0 Å². The summed E-state index contributed by atoms with van der Waals surface area (Å²) < 4.78 is 0.921. The molecule has 1 heterocycles. The van der Waals surface area contributed by atoms with Gasteiger partial charge in [-0.25, -0.2) is 9.97 Å². The van der Waals surface area contributed by atoms with E-state index in [1.54, 1.807) is 0 Å². The molecule has 0 atom stereocenters. The summed E-state index contributed by atoms with van der Waals surface area (Å²) >= 11 is 3.50. The Kier molecular flexibility index (Phi) is 3.07. The minimum Gasteiger partial charge on any atom is -0.359 e. The van der Waals surface area contributed by atoms with Crippen molar-refractivity contribution in [1.29, 1.82) is 0 Å². The lowest BCUT2D eigenvalue weighted by atomic mass is 9.85. The van der Waals surface area contributed by atoms with Gasteiger partial charge in [-0.2, -0.15) is 0 Å². The van der Waals surface area contributed by atoms with Gasteiger partial charge in [0.15, 0.2) is 0 Å². The minimum atomic E-state index is 0.614. The molecule has 4 heteroatoms. The summed E-state index contributed by atoms with van der Waals surface area (Å²) in [5, 5.41) is 0. The van der Waals surface area contributed by atoms with E-state index in [2.05, 4.69) is 32.9 Å². The lowest BCUT2D eigenvalue weighted by molar-refractivity contribution is 0.321. The quantitative estimate of drug-likeness (QED) is 0.798. The van der Waals surface area contributed by atoms with Crippen molar-refractivity contribution < 1.29 is 0 Å². The minimum absolute atomic E-state index is 0.614. The van der Waals surface area contributed by atoms with Crippen LogP contribution < -0.4 is 4.90 Å². The molecule has 1 aromatic heterocycles. The van der Waals surface area contributed by atoms with Crippen molar-refractivity contribution in [2.75, 3.05) is 18.5 Å².